The highest BCUT2D eigenvalue weighted by Gasteiger charge is 2.33. The highest BCUT2D eigenvalue weighted by molar-refractivity contribution is 5.82. The molecule has 51 heavy (non-hydrogen) atoms. The standard InChI is InChI=1S/C49H38N2/c1-49(42-17-7-3-8-18-42,43-19-9-4-10-20-43)48-22-12-11-21-47(48)40-27-33-46(34-28-40)51(44-29-23-38(24-30-44)37-14-5-2-6-15-37)45-31-25-39(26-32-45)41-16-13-35-50-36-41/h2-36H,1H3. The van der Waals surface area contributed by atoms with Gasteiger partial charge in [0.25, 0.3) is 0 Å². The summed E-state index contributed by atoms with van der Waals surface area (Å²) in [7, 11) is 0. The molecule has 0 aliphatic heterocycles. The second-order valence-corrected chi connectivity index (χ2v) is 13.0. The molecule has 0 unspecified atom stereocenters. The molecule has 244 valence electrons. The van der Waals surface area contributed by atoms with E-state index in [1.807, 2.05) is 18.5 Å². The minimum absolute atomic E-state index is 0.347. The number of hydrogen-bond acceptors (Lipinski definition) is 2. The molecule has 0 bridgehead atoms. The third-order valence-corrected chi connectivity index (χ3v) is 9.96. The molecule has 1 heterocycles. The first-order chi connectivity index (χ1) is 25.2. The number of rotatable bonds is 9. The molecule has 2 heteroatoms. The van der Waals surface area contributed by atoms with Crippen LogP contribution in [0, 0.1) is 0 Å². The molecule has 0 saturated carbocycles. The van der Waals surface area contributed by atoms with E-state index in [4.69, 9.17) is 0 Å². The van der Waals surface area contributed by atoms with E-state index in [9.17, 15) is 0 Å². The van der Waals surface area contributed by atoms with E-state index in [1.165, 1.54) is 38.9 Å². The van der Waals surface area contributed by atoms with E-state index in [0.29, 0.717) is 0 Å². The highest BCUT2D eigenvalue weighted by atomic mass is 15.1. The molecule has 8 rings (SSSR count). The van der Waals surface area contributed by atoms with Gasteiger partial charge in [-0.1, -0.05) is 158 Å². The van der Waals surface area contributed by atoms with Crippen LogP contribution in [0.1, 0.15) is 23.6 Å². The Hall–Kier alpha value is -6.51. The predicted octanol–water partition coefficient (Wildman–Crippen LogP) is 12.9. The molecule has 0 amide bonds. The summed E-state index contributed by atoms with van der Waals surface area (Å²) in [6, 6.07) is 71.8. The fraction of sp³-hybridized carbons (Fsp3) is 0.0408. The zero-order valence-electron chi connectivity index (χ0n) is 28.6. The minimum Gasteiger partial charge on any atom is -0.311 e. The Morgan fingerprint density at radius 2 is 0.784 bits per heavy atom. The fourth-order valence-electron chi connectivity index (χ4n) is 7.20. The summed E-state index contributed by atoms with van der Waals surface area (Å²) in [4.78, 5) is 6.65. The van der Waals surface area contributed by atoms with Gasteiger partial charge in [-0.2, -0.15) is 0 Å². The zero-order valence-corrected chi connectivity index (χ0v) is 28.6. The van der Waals surface area contributed by atoms with Crippen molar-refractivity contribution >= 4 is 17.1 Å². The summed E-state index contributed by atoms with van der Waals surface area (Å²) in [6.07, 6.45) is 3.72. The zero-order chi connectivity index (χ0) is 34.5. The van der Waals surface area contributed by atoms with E-state index < -0.39 is 0 Å². The molecule has 0 radical (unpaired) electrons. The van der Waals surface area contributed by atoms with Crippen LogP contribution in [0.5, 0.6) is 0 Å². The van der Waals surface area contributed by atoms with Crippen molar-refractivity contribution in [3.05, 3.63) is 229 Å². The maximum atomic E-state index is 4.33. The lowest BCUT2D eigenvalue weighted by atomic mass is 9.69. The van der Waals surface area contributed by atoms with Crippen molar-refractivity contribution in [2.75, 3.05) is 4.90 Å². The second kappa shape index (κ2) is 14.2. The SMILES string of the molecule is CC(c1ccccc1)(c1ccccc1)c1ccccc1-c1ccc(N(c2ccc(-c3ccccc3)cc2)c2ccc(-c3cccnc3)cc2)cc1. The Kier molecular flexibility index (Phi) is 8.81. The molecule has 0 saturated heterocycles. The van der Waals surface area contributed by atoms with Gasteiger partial charge in [0.2, 0.25) is 0 Å². The van der Waals surface area contributed by atoms with Gasteiger partial charge in [0.05, 0.1) is 0 Å². The summed E-state index contributed by atoms with van der Waals surface area (Å²) in [5.41, 5.74) is 13.8. The van der Waals surface area contributed by atoms with Gasteiger partial charge < -0.3 is 4.90 Å². The normalized spacial score (nSPS) is 11.2. The van der Waals surface area contributed by atoms with Gasteiger partial charge in [-0.15, -0.1) is 0 Å². The number of anilines is 3. The third kappa shape index (κ3) is 6.36. The van der Waals surface area contributed by atoms with Crippen molar-refractivity contribution in [2.24, 2.45) is 0 Å². The highest BCUT2D eigenvalue weighted by Crippen LogP contribution is 2.44. The maximum Gasteiger partial charge on any atom is 0.0462 e. The molecular formula is C49H38N2. The maximum absolute atomic E-state index is 4.33. The summed E-state index contributed by atoms with van der Waals surface area (Å²) in [6.45, 7) is 2.35. The average molecular weight is 655 g/mol. The topological polar surface area (TPSA) is 16.1 Å². The molecule has 0 fully saturated rings. The van der Waals surface area contributed by atoms with Crippen LogP contribution < -0.4 is 4.90 Å². The average Bonchev–Trinajstić information content (AvgIpc) is 3.23. The number of hydrogen-bond donors (Lipinski definition) is 0. The van der Waals surface area contributed by atoms with E-state index in [1.54, 1.807) is 0 Å². The molecule has 0 aliphatic carbocycles. The van der Waals surface area contributed by atoms with Gasteiger partial charge in [-0.3, -0.25) is 4.98 Å². The Morgan fingerprint density at radius 3 is 1.29 bits per heavy atom. The lowest BCUT2D eigenvalue weighted by Gasteiger charge is -2.34. The van der Waals surface area contributed by atoms with Gasteiger partial charge in [-0.25, -0.2) is 0 Å². The van der Waals surface area contributed by atoms with E-state index >= 15 is 0 Å². The van der Waals surface area contributed by atoms with Crippen molar-refractivity contribution in [2.45, 2.75) is 12.3 Å². The van der Waals surface area contributed by atoms with Crippen molar-refractivity contribution in [1.82, 2.24) is 4.98 Å². The van der Waals surface area contributed by atoms with Crippen LogP contribution in [0.4, 0.5) is 17.1 Å². The number of aromatic nitrogens is 1. The van der Waals surface area contributed by atoms with E-state index in [-0.39, 0.29) is 5.41 Å². The van der Waals surface area contributed by atoms with Crippen LogP contribution in [0.25, 0.3) is 33.4 Å². The van der Waals surface area contributed by atoms with Crippen LogP contribution in [0.2, 0.25) is 0 Å². The second-order valence-electron chi connectivity index (χ2n) is 13.0. The van der Waals surface area contributed by atoms with E-state index in [2.05, 4.69) is 211 Å². The first kappa shape index (κ1) is 31.7. The largest absolute Gasteiger partial charge is 0.311 e. The Bertz CT molecular complexity index is 2190. The van der Waals surface area contributed by atoms with Crippen LogP contribution in [0.15, 0.2) is 213 Å². The molecule has 2 nitrogen and oxygen atoms in total. The van der Waals surface area contributed by atoms with Gasteiger partial charge in [0.1, 0.15) is 0 Å². The van der Waals surface area contributed by atoms with Gasteiger partial charge >= 0.3 is 0 Å². The molecule has 8 aromatic rings. The number of pyridine rings is 1. The smallest absolute Gasteiger partial charge is 0.0462 e. The van der Waals surface area contributed by atoms with Crippen LogP contribution in [0.3, 0.4) is 0 Å². The lowest BCUT2D eigenvalue weighted by molar-refractivity contribution is 0.694. The van der Waals surface area contributed by atoms with Crippen LogP contribution >= 0.6 is 0 Å². The Balaban J connectivity index is 1.20. The molecule has 0 N–H and O–H groups in total. The molecule has 1 aromatic heterocycles. The summed E-state index contributed by atoms with van der Waals surface area (Å²) < 4.78 is 0. The van der Waals surface area contributed by atoms with E-state index in [0.717, 1.165) is 28.2 Å². The van der Waals surface area contributed by atoms with Crippen molar-refractivity contribution in [3.63, 3.8) is 0 Å². The Labute approximate surface area is 301 Å². The minimum atomic E-state index is -0.347. The third-order valence-electron chi connectivity index (χ3n) is 9.96. The monoisotopic (exact) mass is 654 g/mol. The van der Waals surface area contributed by atoms with Gasteiger partial charge in [0.15, 0.2) is 0 Å². The van der Waals surface area contributed by atoms with Crippen LogP contribution in [-0.4, -0.2) is 4.98 Å². The predicted molar refractivity (Wildman–Crippen MR) is 214 cm³/mol. The number of nitrogens with zero attached hydrogens (tertiary/aromatic N) is 2. The molecule has 7 aromatic carbocycles. The molecule has 0 atom stereocenters. The van der Waals surface area contributed by atoms with Gasteiger partial charge in [-0.05, 0) is 99.5 Å². The fourth-order valence-corrected chi connectivity index (χ4v) is 7.20. The van der Waals surface area contributed by atoms with Crippen molar-refractivity contribution < 1.29 is 0 Å². The summed E-state index contributed by atoms with van der Waals surface area (Å²) >= 11 is 0. The van der Waals surface area contributed by atoms with Crippen molar-refractivity contribution in [1.29, 1.82) is 0 Å². The first-order valence-electron chi connectivity index (χ1n) is 17.5. The summed E-state index contributed by atoms with van der Waals surface area (Å²) in [5, 5.41) is 0. The molecule has 0 aliphatic rings. The molecular weight excluding hydrogens is 617 g/mol. The molecule has 0 spiro atoms. The Morgan fingerprint density at radius 1 is 0.373 bits per heavy atom. The first-order valence-corrected chi connectivity index (χ1v) is 17.5. The lowest BCUT2D eigenvalue weighted by Crippen LogP contribution is -2.26. The van der Waals surface area contributed by atoms with Crippen molar-refractivity contribution in [3.8, 4) is 33.4 Å². The van der Waals surface area contributed by atoms with Gasteiger partial charge in [0, 0.05) is 34.9 Å². The number of benzene rings is 7. The van der Waals surface area contributed by atoms with Crippen LogP contribution in [-0.2, 0) is 5.41 Å². The summed E-state index contributed by atoms with van der Waals surface area (Å²) in [5.74, 6) is 0. The quantitative estimate of drug-likeness (QED) is 0.144.